The minimum atomic E-state index is -0.798. The first kappa shape index (κ1) is 75.8. The van der Waals surface area contributed by atoms with Crippen LogP contribution < -0.4 is 0 Å². The molecule has 6 heteroatoms. The summed E-state index contributed by atoms with van der Waals surface area (Å²) in [6.07, 6.45) is 93.4. The number of esters is 3. The van der Waals surface area contributed by atoms with E-state index in [1.54, 1.807) is 0 Å². The predicted molar refractivity (Wildman–Crippen MR) is 348 cm³/mol. The van der Waals surface area contributed by atoms with Gasteiger partial charge in [-0.3, -0.25) is 14.4 Å². The Kier molecular flexibility index (Phi) is 63.8. The first-order chi connectivity index (χ1) is 39.5. The summed E-state index contributed by atoms with van der Waals surface area (Å²) in [5.74, 6) is -0.917. The van der Waals surface area contributed by atoms with Crippen LogP contribution in [-0.2, 0) is 28.6 Å². The van der Waals surface area contributed by atoms with Crippen LogP contribution >= 0.6 is 0 Å². The van der Waals surface area contributed by atoms with Crippen LogP contribution in [0.2, 0.25) is 0 Å². The highest BCUT2D eigenvalue weighted by atomic mass is 16.6. The standard InChI is InChI=1S/C74H124O6/c1-4-7-10-13-16-19-22-25-28-31-33-35-37-39-41-43-46-49-52-55-58-61-64-67-73(76)79-70-71(69-78-72(75)66-63-60-57-54-51-48-45-30-27-24-21-18-15-12-9-6-3)80-74(77)68-65-62-59-56-53-50-47-44-42-40-38-36-34-32-29-26-23-20-17-14-11-8-5-2/h7,10,16,19,21,23-26,28,30,32-35,38-41,45,71H,4-6,8-9,11-15,17-18,20,22,27,29,31,36-37,42-44,46-70H2,1-3H3/b10-7-,19-16-,24-21-,26-23-,28-25-,34-32-,35-33-,40-38-,41-39-,45-30-. The van der Waals surface area contributed by atoms with Crippen molar-refractivity contribution in [3.8, 4) is 0 Å². The van der Waals surface area contributed by atoms with E-state index in [0.29, 0.717) is 19.3 Å². The van der Waals surface area contributed by atoms with E-state index in [4.69, 9.17) is 14.2 Å². The van der Waals surface area contributed by atoms with Crippen LogP contribution in [0.3, 0.4) is 0 Å². The SMILES string of the molecule is CC/C=C\C/C=C\C/C=C\C/C=C\C/C=C\CCCCCCCCCC(=O)OCC(COC(=O)CCCCCCC/C=C\C/C=C\CCCCCC)OC(=O)CCCCCCCCCC/C=C\C/C=C\C/C=C\CCCCCCC. The molecule has 0 radical (unpaired) electrons. The van der Waals surface area contributed by atoms with Crippen molar-refractivity contribution >= 4 is 17.9 Å². The number of ether oxygens (including phenoxy) is 3. The molecule has 0 heterocycles. The normalized spacial score (nSPS) is 12.9. The second-order valence-electron chi connectivity index (χ2n) is 22.0. The van der Waals surface area contributed by atoms with E-state index < -0.39 is 6.10 Å². The van der Waals surface area contributed by atoms with Gasteiger partial charge >= 0.3 is 17.9 Å². The van der Waals surface area contributed by atoms with Gasteiger partial charge in [0.1, 0.15) is 13.2 Å². The highest BCUT2D eigenvalue weighted by Gasteiger charge is 2.19. The van der Waals surface area contributed by atoms with Gasteiger partial charge in [0.05, 0.1) is 0 Å². The summed E-state index contributed by atoms with van der Waals surface area (Å²) in [6.45, 7) is 6.49. The van der Waals surface area contributed by atoms with Crippen LogP contribution in [0.15, 0.2) is 122 Å². The van der Waals surface area contributed by atoms with E-state index in [-0.39, 0.29) is 31.1 Å². The first-order valence-electron chi connectivity index (χ1n) is 33.5. The molecule has 0 aromatic carbocycles. The number of carbonyl (C=O) groups is 3. The summed E-state index contributed by atoms with van der Waals surface area (Å²) in [4.78, 5) is 38.4. The zero-order valence-electron chi connectivity index (χ0n) is 52.3. The summed E-state index contributed by atoms with van der Waals surface area (Å²) in [6, 6.07) is 0. The molecule has 0 aromatic rings. The molecular weight excluding hydrogens is 985 g/mol. The Morgan fingerprint density at radius 3 is 0.775 bits per heavy atom. The first-order valence-corrected chi connectivity index (χ1v) is 33.5. The van der Waals surface area contributed by atoms with Crippen molar-refractivity contribution in [2.45, 2.75) is 316 Å². The lowest BCUT2D eigenvalue weighted by molar-refractivity contribution is -0.167. The van der Waals surface area contributed by atoms with Gasteiger partial charge in [0.2, 0.25) is 0 Å². The van der Waals surface area contributed by atoms with Crippen molar-refractivity contribution in [3.05, 3.63) is 122 Å². The molecule has 0 aromatic heterocycles. The number of carbonyl (C=O) groups excluding carboxylic acids is 3. The molecule has 0 N–H and O–H groups in total. The third-order valence-electron chi connectivity index (χ3n) is 14.2. The fourth-order valence-electron chi connectivity index (χ4n) is 9.15. The number of rotatable bonds is 60. The molecular formula is C74H124O6. The molecule has 0 aliphatic rings. The molecule has 0 aliphatic heterocycles. The summed E-state index contributed by atoms with van der Waals surface area (Å²) >= 11 is 0. The van der Waals surface area contributed by atoms with Gasteiger partial charge in [0, 0.05) is 19.3 Å². The third kappa shape index (κ3) is 64.6. The molecule has 0 amide bonds. The van der Waals surface area contributed by atoms with Crippen molar-refractivity contribution in [2.75, 3.05) is 13.2 Å². The third-order valence-corrected chi connectivity index (χ3v) is 14.2. The van der Waals surface area contributed by atoms with Gasteiger partial charge in [-0.1, -0.05) is 277 Å². The van der Waals surface area contributed by atoms with Gasteiger partial charge in [0.15, 0.2) is 6.10 Å². The maximum Gasteiger partial charge on any atom is 0.306 e. The van der Waals surface area contributed by atoms with Gasteiger partial charge in [0.25, 0.3) is 0 Å². The van der Waals surface area contributed by atoms with E-state index in [1.165, 1.54) is 128 Å². The van der Waals surface area contributed by atoms with Crippen LogP contribution in [0.4, 0.5) is 0 Å². The Morgan fingerprint density at radius 2 is 0.487 bits per heavy atom. The fraction of sp³-hybridized carbons (Fsp3) is 0.689. The minimum Gasteiger partial charge on any atom is -0.462 e. The quantitative estimate of drug-likeness (QED) is 0.0261. The van der Waals surface area contributed by atoms with Crippen molar-refractivity contribution in [3.63, 3.8) is 0 Å². The number of hydrogen-bond donors (Lipinski definition) is 0. The number of unbranched alkanes of at least 4 members (excludes halogenated alkanes) is 29. The van der Waals surface area contributed by atoms with Crippen LogP contribution in [0, 0.1) is 0 Å². The molecule has 0 fully saturated rings. The predicted octanol–water partition coefficient (Wildman–Crippen LogP) is 23.2. The van der Waals surface area contributed by atoms with E-state index in [0.717, 1.165) is 141 Å². The van der Waals surface area contributed by atoms with E-state index in [9.17, 15) is 14.4 Å². The summed E-state index contributed by atoms with van der Waals surface area (Å²) in [7, 11) is 0. The molecule has 1 unspecified atom stereocenters. The molecule has 1 atom stereocenters. The lowest BCUT2D eigenvalue weighted by atomic mass is 10.1. The summed E-state index contributed by atoms with van der Waals surface area (Å²) < 4.78 is 16.9. The van der Waals surface area contributed by atoms with Crippen LogP contribution in [0.1, 0.15) is 310 Å². The molecule has 0 saturated carbocycles. The summed E-state index contributed by atoms with van der Waals surface area (Å²) in [5, 5.41) is 0. The average Bonchev–Trinajstić information content (AvgIpc) is 3.46. The monoisotopic (exact) mass is 1110 g/mol. The number of hydrogen-bond acceptors (Lipinski definition) is 6. The van der Waals surface area contributed by atoms with Gasteiger partial charge in [-0.15, -0.1) is 0 Å². The largest absolute Gasteiger partial charge is 0.462 e. The molecule has 6 nitrogen and oxygen atoms in total. The average molecular weight is 1110 g/mol. The maximum absolute atomic E-state index is 12.9. The van der Waals surface area contributed by atoms with Gasteiger partial charge < -0.3 is 14.2 Å². The van der Waals surface area contributed by atoms with Gasteiger partial charge in [-0.25, -0.2) is 0 Å². The Balaban J connectivity index is 4.44. The Morgan fingerprint density at radius 1 is 0.263 bits per heavy atom. The van der Waals surface area contributed by atoms with Crippen LogP contribution in [0.5, 0.6) is 0 Å². The zero-order valence-corrected chi connectivity index (χ0v) is 52.3. The smallest absolute Gasteiger partial charge is 0.306 e. The zero-order chi connectivity index (χ0) is 57.8. The second-order valence-corrected chi connectivity index (χ2v) is 22.0. The molecule has 80 heavy (non-hydrogen) atoms. The second kappa shape index (κ2) is 67.3. The Bertz CT molecular complexity index is 1650. The molecule has 0 aliphatic carbocycles. The molecule has 0 spiro atoms. The Hall–Kier alpha value is -4.19. The highest BCUT2D eigenvalue weighted by molar-refractivity contribution is 5.71. The van der Waals surface area contributed by atoms with Gasteiger partial charge in [-0.05, 0) is 135 Å². The van der Waals surface area contributed by atoms with Crippen molar-refractivity contribution in [1.29, 1.82) is 0 Å². The lowest BCUT2D eigenvalue weighted by Crippen LogP contribution is -2.30. The van der Waals surface area contributed by atoms with Crippen LogP contribution in [-0.4, -0.2) is 37.2 Å². The van der Waals surface area contributed by atoms with Crippen molar-refractivity contribution < 1.29 is 28.6 Å². The van der Waals surface area contributed by atoms with E-state index in [2.05, 4.69) is 142 Å². The van der Waals surface area contributed by atoms with Crippen LogP contribution in [0.25, 0.3) is 0 Å². The highest BCUT2D eigenvalue weighted by Crippen LogP contribution is 2.15. The molecule has 0 rings (SSSR count). The van der Waals surface area contributed by atoms with Gasteiger partial charge in [-0.2, -0.15) is 0 Å². The minimum absolute atomic E-state index is 0.0937. The van der Waals surface area contributed by atoms with E-state index in [1.807, 2.05) is 0 Å². The van der Waals surface area contributed by atoms with Crippen molar-refractivity contribution in [1.82, 2.24) is 0 Å². The fourth-order valence-corrected chi connectivity index (χ4v) is 9.15. The molecule has 0 bridgehead atoms. The lowest BCUT2D eigenvalue weighted by Gasteiger charge is -2.18. The van der Waals surface area contributed by atoms with Crippen molar-refractivity contribution in [2.24, 2.45) is 0 Å². The number of allylic oxidation sites excluding steroid dienone is 20. The maximum atomic E-state index is 12.9. The topological polar surface area (TPSA) is 78.9 Å². The van der Waals surface area contributed by atoms with E-state index >= 15 is 0 Å². The molecule has 456 valence electrons. The summed E-state index contributed by atoms with van der Waals surface area (Å²) in [5.41, 5.74) is 0. The molecule has 0 saturated heterocycles. The Labute approximate surface area is 494 Å².